The van der Waals surface area contributed by atoms with Gasteiger partial charge >= 0.3 is 6.03 Å². The lowest BCUT2D eigenvalue weighted by Gasteiger charge is -2.38. The van der Waals surface area contributed by atoms with Gasteiger partial charge in [-0.25, -0.2) is 9.18 Å². The van der Waals surface area contributed by atoms with Gasteiger partial charge in [0.2, 0.25) is 0 Å². The van der Waals surface area contributed by atoms with Crippen LogP contribution in [0.25, 0.3) is 0 Å². The third kappa shape index (κ3) is 4.53. The van der Waals surface area contributed by atoms with Crippen LogP contribution in [0.3, 0.4) is 0 Å². The SMILES string of the molecule is COc1ccc(F)c(CN2CCCC(O)(CNCCN3CCNC3=O)C2=O)c1. The molecule has 2 saturated heterocycles. The van der Waals surface area contributed by atoms with E-state index in [2.05, 4.69) is 10.6 Å². The average Bonchev–Trinajstić information content (AvgIpc) is 3.09. The van der Waals surface area contributed by atoms with Crippen molar-refractivity contribution in [3.05, 3.63) is 29.6 Å². The second-order valence-corrected chi connectivity index (χ2v) is 7.21. The van der Waals surface area contributed by atoms with Gasteiger partial charge in [0.05, 0.1) is 7.11 Å². The molecule has 1 atom stereocenters. The fourth-order valence-electron chi connectivity index (χ4n) is 3.62. The second-order valence-electron chi connectivity index (χ2n) is 7.21. The highest BCUT2D eigenvalue weighted by Crippen LogP contribution is 2.25. The molecule has 28 heavy (non-hydrogen) atoms. The van der Waals surface area contributed by atoms with Gasteiger partial charge in [-0.1, -0.05) is 0 Å². The maximum atomic E-state index is 14.1. The maximum Gasteiger partial charge on any atom is 0.317 e. The van der Waals surface area contributed by atoms with Gasteiger partial charge in [-0.3, -0.25) is 4.79 Å². The zero-order valence-corrected chi connectivity index (χ0v) is 16.0. The normalized spacial score (nSPS) is 22.5. The fraction of sp³-hybridized carbons (Fsp3) is 0.579. The average molecular weight is 394 g/mol. The van der Waals surface area contributed by atoms with Crippen LogP contribution in [-0.4, -0.2) is 78.8 Å². The van der Waals surface area contributed by atoms with Crippen molar-refractivity contribution in [3.8, 4) is 5.75 Å². The molecular formula is C19H27FN4O4. The van der Waals surface area contributed by atoms with Crippen molar-refractivity contribution in [3.63, 3.8) is 0 Å². The number of benzene rings is 1. The van der Waals surface area contributed by atoms with Crippen LogP contribution < -0.4 is 15.4 Å². The van der Waals surface area contributed by atoms with E-state index in [0.29, 0.717) is 56.9 Å². The first-order valence-corrected chi connectivity index (χ1v) is 9.50. The Bertz CT molecular complexity index is 732. The lowest BCUT2D eigenvalue weighted by molar-refractivity contribution is -0.157. The number of piperidine rings is 1. The van der Waals surface area contributed by atoms with Crippen molar-refractivity contribution in [1.82, 2.24) is 20.4 Å². The largest absolute Gasteiger partial charge is 0.497 e. The summed E-state index contributed by atoms with van der Waals surface area (Å²) in [6, 6.07) is 4.30. The smallest absolute Gasteiger partial charge is 0.317 e. The van der Waals surface area contributed by atoms with E-state index in [4.69, 9.17) is 4.74 Å². The molecule has 0 saturated carbocycles. The molecule has 2 heterocycles. The third-order valence-electron chi connectivity index (χ3n) is 5.24. The number of aliphatic hydroxyl groups is 1. The molecule has 1 aromatic rings. The van der Waals surface area contributed by atoms with Crippen molar-refractivity contribution < 1.29 is 23.8 Å². The minimum absolute atomic E-state index is 0.0815. The standard InChI is InChI=1S/C19H27FN4O4/c1-28-15-3-4-16(20)14(11-15)12-24-8-2-5-19(27,17(24)25)13-21-6-9-23-10-7-22-18(23)26/h3-4,11,21,27H,2,5-10,12-13H2,1H3,(H,22,26). The molecule has 0 aliphatic carbocycles. The summed E-state index contributed by atoms with van der Waals surface area (Å²) in [4.78, 5) is 27.5. The van der Waals surface area contributed by atoms with Crippen LogP contribution in [0, 0.1) is 5.82 Å². The molecule has 3 N–H and O–H groups in total. The molecule has 9 heteroatoms. The molecule has 154 valence electrons. The van der Waals surface area contributed by atoms with E-state index in [1.807, 2.05) is 0 Å². The molecule has 0 radical (unpaired) electrons. The molecule has 0 spiro atoms. The monoisotopic (exact) mass is 394 g/mol. The Hall–Kier alpha value is -2.39. The van der Waals surface area contributed by atoms with Gasteiger partial charge < -0.3 is 30.3 Å². The van der Waals surface area contributed by atoms with Crippen LogP contribution in [0.1, 0.15) is 18.4 Å². The summed E-state index contributed by atoms with van der Waals surface area (Å²) >= 11 is 0. The summed E-state index contributed by atoms with van der Waals surface area (Å²) in [6.07, 6.45) is 0.976. The van der Waals surface area contributed by atoms with Crippen LogP contribution in [0.5, 0.6) is 5.75 Å². The number of methoxy groups -OCH3 is 1. The van der Waals surface area contributed by atoms with Crippen molar-refractivity contribution in [2.45, 2.75) is 25.0 Å². The lowest BCUT2D eigenvalue weighted by atomic mass is 9.91. The van der Waals surface area contributed by atoms with E-state index >= 15 is 0 Å². The number of likely N-dealkylation sites (tertiary alicyclic amines) is 1. The van der Waals surface area contributed by atoms with E-state index in [0.717, 1.165) is 0 Å². The van der Waals surface area contributed by atoms with Gasteiger partial charge in [-0.15, -0.1) is 0 Å². The first-order valence-electron chi connectivity index (χ1n) is 9.50. The number of halogens is 1. The molecule has 2 aliphatic rings. The van der Waals surface area contributed by atoms with Gasteiger partial charge in [-0.2, -0.15) is 0 Å². The molecule has 2 fully saturated rings. The number of carbonyl (C=O) groups excluding carboxylic acids is 2. The predicted octanol–water partition coefficient (Wildman–Crippen LogP) is 0.303. The number of amides is 3. The Labute approximate surface area is 163 Å². The Morgan fingerprint density at radius 1 is 1.32 bits per heavy atom. The molecule has 2 aliphatic heterocycles. The highest BCUT2D eigenvalue weighted by molar-refractivity contribution is 5.86. The van der Waals surface area contributed by atoms with Gasteiger partial charge in [0.15, 0.2) is 5.60 Å². The Morgan fingerprint density at radius 2 is 2.14 bits per heavy atom. The van der Waals surface area contributed by atoms with E-state index in [-0.39, 0.29) is 19.1 Å². The van der Waals surface area contributed by atoms with Gasteiger partial charge in [0.1, 0.15) is 11.6 Å². The van der Waals surface area contributed by atoms with Crippen LogP contribution in [0.2, 0.25) is 0 Å². The van der Waals surface area contributed by atoms with Gasteiger partial charge in [0.25, 0.3) is 5.91 Å². The number of urea groups is 1. The number of hydrogen-bond donors (Lipinski definition) is 3. The molecule has 3 rings (SSSR count). The lowest BCUT2D eigenvalue weighted by Crippen LogP contribution is -2.58. The number of rotatable bonds is 8. The summed E-state index contributed by atoms with van der Waals surface area (Å²) in [5.74, 6) is -0.305. The van der Waals surface area contributed by atoms with Gasteiger partial charge in [-0.05, 0) is 31.0 Å². The maximum absolute atomic E-state index is 14.1. The zero-order chi connectivity index (χ0) is 20.1. The quantitative estimate of drug-likeness (QED) is 0.552. The van der Waals surface area contributed by atoms with E-state index in [1.165, 1.54) is 24.1 Å². The molecule has 1 unspecified atom stereocenters. The summed E-state index contributed by atoms with van der Waals surface area (Å²) in [5.41, 5.74) is -1.18. The highest BCUT2D eigenvalue weighted by Gasteiger charge is 2.42. The molecule has 1 aromatic carbocycles. The Kier molecular flexibility index (Phi) is 6.35. The minimum Gasteiger partial charge on any atom is -0.497 e. The molecule has 0 bridgehead atoms. The van der Waals surface area contributed by atoms with E-state index in [9.17, 15) is 19.1 Å². The fourth-order valence-corrected chi connectivity index (χ4v) is 3.62. The number of nitrogens with one attached hydrogen (secondary N) is 2. The first kappa shape index (κ1) is 20.3. The van der Waals surface area contributed by atoms with E-state index in [1.54, 1.807) is 11.0 Å². The Balaban J connectivity index is 1.55. The first-order chi connectivity index (χ1) is 13.4. The topological polar surface area (TPSA) is 94.1 Å². The zero-order valence-electron chi connectivity index (χ0n) is 16.0. The number of nitrogens with zero attached hydrogens (tertiary/aromatic N) is 2. The summed E-state index contributed by atoms with van der Waals surface area (Å²) < 4.78 is 19.2. The number of hydrogen-bond acceptors (Lipinski definition) is 5. The van der Waals surface area contributed by atoms with Crippen molar-refractivity contribution in [1.29, 1.82) is 0 Å². The molecule has 3 amide bonds. The molecular weight excluding hydrogens is 367 g/mol. The highest BCUT2D eigenvalue weighted by atomic mass is 19.1. The Morgan fingerprint density at radius 3 is 2.86 bits per heavy atom. The third-order valence-corrected chi connectivity index (χ3v) is 5.24. The number of carbonyl (C=O) groups is 2. The van der Waals surface area contributed by atoms with Crippen molar-refractivity contribution >= 4 is 11.9 Å². The van der Waals surface area contributed by atoms with Crippen LogP contribution in [0.4, 0.5) is 9.18 Å². The number of ether oxygens (including phenoxy) is 1. The van der Waals surface area contributed by atoms with Crippen LogP contribution in [0.15, 0.2) is 18.2 Å². The molecule has 8 nitrogen and oxygen atoms in total. The summed E-state index contributed by atoms with van der Waals surface area (Å²) in [5, 5.41) is 16.6. The second kappa shape index (κ2) is 8.74. The minimum atomic E-state index is -1.53. The molecule has 0 aromatic heterocycles. The summed E-state index contributed by atoms with van der Waals surface area (Å²) in [6.45, 7) is 2.92. The van der Waals surface area contributed by atoms with E-state index < -0.39 is 17.3 Å². The van der Waals surface area contributed by atoms with Crippen LogP contribution in [-0.2, 0) is 11.3 Å². The predicted molar refractivity (Wildman–Crippen MR) is 100 cm³/mol. The van der Waals surface area contributed by atoms with Crippen molar-refractivity contribution in [2.24, 2.45) is 0 Å². The van der Waals surface area contributed by atoms with Gasteiger partial charge in [0, 0.05) is 51.4 Å². The van der Waals surface area contributed by atoms with Crippen molar-refractivity contribution in [2.75, 3.05) is 46.4 Å². The van der Waals surface area contributed by atoms with Crippen LogP contribution >= 0.6 is 0 Å². The summed E-state index contributed by atoms with van der Waals surface area (Å²) in [7, 11) is 1.50.